The zero-order valence-electron chi connectivity index (χ0n) is 15.7. The quantitative estimate of drug-likeness (QED) is 0.791. The number of hydrogen-bond acceptors (Lipinski definition) is 3. The maximum Gasteiger partial charge on any atom is 0.255 e. The second kappa shape index (κ2) is 8.19. The van der Waals surface area contributed by atoms with Crippen LogP contribution in [0.3, 0.4) is 0 Å². The van der Waals surface area contributed by atoms with E-state index in [1.54, 1.807) is 24.3 Å². The van der Waals surface area contributed by atoms with Gasteiger partial charge in [-0.15, -0.1) is 0 Å². The van der Waals surface area contributed by atoms with E-state index in [9.17, 15) is 17.6 Å². The number of anilines is 1. The Kier molecular flexibility index (Phi) is 6.07. The molecule has 2 aromatic carbocycles. The third kappa shape index (κ3) is 4.37. The molecule has 1 saturated heterocycles. The Balaban J connectivity index is 1.91. The topological polar surface area (TPSA) is 66.5 Å². The Morgan fingerprint density at radius 3 is 2.43 bits per heavy atom. The lowest BCUT2D eigenvalue weighted by Crippen LogP contribution is -2.42. The monoisotopic (exact) mass is 424 g/mol. The normalized spacial score (nSPS) is 20.7. The van der Waals surface area contributed by atoms with Gasteiger partial charge in [-0.05, 0) is 48.6 Å². The Bertz CT molecular complexity index is 987. The first-order valence-electron chi connectivity index (χ1n) is 9.04. The first-order valence-corrected chi connectivity index (χ1v) is 10.9. The summed E-state index contributed by atoms with van der Waals surface area (Å²) in [6.07, 6.45) is 0.925. The van der Waals surface area contributed by atoms with Gasteiger partial charge in [0.1, 0.15) is 10.7 Å². The smallest absolute Gasteiger partial charge is 0.255 e. The molecule has 3 rings (SSSR count). The molecule has 8 heteroatoms. The molecule has 2 aromatic rings. The molecule has 28 heavy (non-hydrogen) atoms. The van der Waals surface area contributed by atoms with E-state index in [-0.39, 0.29) is 17.4 Å². The first-order chi connectivity index (χ1) is 13.2. The molecule has 1 fully saturated rings. The number of carbonyl (C=O) groups is 1. The molecular weight excluding hydrogens is 403 g/mol. The van der Waals surface area contributed by atoms with Gasteiger partial charge in [0.25, 0.3) is 5.91 Å². The van der Waals surface area contributed by atoms with Crippen LogP contribution in [0.4, 0.5) is 10.1 Å². The summed E-state index contributed by atoms with van der Waals surface area (Å²) in [6, 6.07) is 10.0. The van der Waals surface area contributed by atoms with Crippen LogP contribution in [-0.2, 0) is 10.0 Å². The lowest BCUT2D eigenvalue weighted by Gasteiger charge is -2.34. The van der Waals surface area contributed by atoms with Crippen molar-refractivity contribution in [2.45, 2.75) is 25.2 Å². The Hall–Kier alpha value is -1.96. The van der Waals surface area contributed by atoms with Crippen LogP contribution >= 0.6 is 11.6 Å². The molecule has 1 amide bonds. The Morgan fingerprint density at radius 2 is 1.79 bits per heavy atom. The van der Waals surface area contributed by atoms with Gasteiger partial charge in [0, 0.05) is 18.7 Å². The summed E-state index contributed by atoms with van der Waals surface area (Å²) < 4.78 is 41.8. The first kappa shape index (κ1) is 20.8. The number of halogens is 2. The lowest BCUT2D eigenvalue weighted by molar-refractivity contribution is 0.102. The predicted molar refractivity (Wildman–Crippen MR) is 108 cm³/mol. The van der Waals surface area contributed by atoms with E-state index in [0.29, 0.717) is 23.8 Å². The van der Waals surface area contributed by atoms with Crippen LogP contribution in [0.25, 0.3) is 0 Å². The molecule has 1 aliphatic rings. The second-order valence-electron chi connectivity index (χ2n) is 7.35. The molecule has 2 atom stereocenters. The number of benzene rings is 2. The molecule has 150 valence electrons. The number of nitrogens with zero attached hydrogens (tertiary/aromatic N) is 1. The van der Waals surface area contributed by atoms with Gasteiger partial charge in [-0.3, -0.25) is 4.79 Å². The highest BCUT2D eigenvalue weighted by atomic mass is 35.5. The average Bonchev–Trinajstić information content (AvgIpc) is 2.63. The van der Waals surface area contributed by atoms with Crippen LogP contribution < -0.4 is 5.32 Å². The molecule has 0 radical (unpaired) electrons. The van der Waals surface area contributed by atoms with E-state index >= 15 is 0 Å². The summed E-state index contributed by atoms with van der Waals surface area (Å²) in [5, 5.41) is 2.97. The average molecular weight is 425 g/mol. The van der Waals surface area contributed by atoms with Crippen molar-refractivity contribution >= 4 is 33.2 Å². The maximum absolute atomic E-state index is 14.4. The molecule has 1 aliphatic heterocycles. The van der Waals surface area contributed by atoms with Crippen LogP contribution in [0.2, 0.25) is 5.02 Å². The van der Waals surface area contributed by atoms with Gasteiger partial charge in [-0.25, -0.2) is 12.8 Å². The fourth-order valence-corrected chi connectivity index (χ4v) is 5.49. The number of nitrogens with one attached hydrogen (secondary N) is 1. The zero-order valence-corrected chi connectivity index (χ0v) is 17.2. The third-order valence-corrected chi connectivity index (χ3v) is 6.94. The summed E-state index contributed by atoms with van der Waals surface area (Å²) in [6.45, 7) is 4.62. The van der Waals surface area contributed by atoms with Crippen molar-refractivity contribution in [2.24, 2.45) is 11.8 Å². The highest BCUT2D eigenvalue weighted by Crippen LogP contribution is 2.29. The summed E-state index contributed by atoms with van der Waals surface area (Å²) in [5.41, 5.74) is 0.430. The standard InChI is InChI=1S/C20H22ClFN2O3S/c1-13-9-14(2)12-24(11-13)28(26,27)19-10-15(7-8-17(19)22)20(25)23-18-6-4-3-5-16(18)21/h3-8,10,13-14H,9,11-12H2,1-2H3,(H,23,25)/t13-,14-/m1/s1. The highest BCUT2D eigenvalue weighted by molar-refractivity contribution is 7.89. The van der Waals surface area contributed by atoms with E-state index < -0.39 is 26.6 Å². The van der Waals surface area contributed by atoms with Gasteiger partial charge in [0.15, 0.2) is 0 Å². The van der Waals surface area contributed by atoms with E-state index in [1.165, 1.54) is 10.4 Å². The highest BCUT2D eigenvalue weighted by Gasteiger charge is 2.33. The van der Waals surface area contributed by atoms with Gasteiger partial charge < -0.3 is 5.32 Å². The second-order valence-corrected chi connectivity index (χ2v) is 9.66. The minimum absolute atomic E-state index is 0.0398. The predicted octanol–water partition coefficient (Wildman–Crippen LogP) is 4.40. The number of hydrogen-bond donors (Lipinski definition) is 1. The van der Waals surface area contributed by atoms with E-state index in [4.69, 9.17) is 11.6 Å². The van der Waals surface area contributed by atoms with Gasteiger partial charge in [-0.1, -0.05) is 37.6 Å². The molecule has 0 aromatic heterocycles. The summed E-state index contributed by atoms with van der Waals surface area (Å²) in [5.74, 6) is -1.06. The van der Waals surface area contributed by atoms with Crippen LogP contribution in [-0.4, -0.2) is 31.7 Å². The number of rotatable bonds is 4. The van der Waals surface area contributed by atoms with Crippen LogP contribution in [0.15, 0.2) is 47.4 Å². The summed E-state index contributed by atoms with van der Waals surface area (Å²) >= 11 is 6.04. The molecule has 0 aliphatic carbocycles. The van der Waals surface area contributed by atoms with Crippen molar-refractivity contribution in [1.82, 2.24) is 4.31 Å². The summed E-state index contributed by atoms with van der Waals surface area (Å²) in [7, 11) is -4.04. The molecule has 1 N–H and O–H groups in total. The minimum Gasteiger partial charge on any atom is -0.321 e. The number of amides is 1. The van der Waals surface area contributed by atoms with E-state index in [0.717, 1.165) is 18.6 Å². The Morgan fingerprint density at radius 1 is 1.14 bits per heavy atom. The molecule has 0 saturated carbocycles. The zero-order chi connectivity index (χ0) is 20.5. The molecule has 0 unspecified atom stereocenters. The third-order valence-electron chi connectivity index (χ3n) is 4.77. The summed E-state index contributed by atoms with van der Waals surface area (Å²) in [4.78, 5) is 12.1. The van der Waals surface area contributed by atoms with Crippen molar-refractivity contribution in [2.75, 3.05) is 18.4 Å². The van der Waals surface area contributed by atoms with Crippen molar-refractivity contribution in [3.8, 4) is 0 Å². The number of para-hydroxylation sites is 1. The molecular formula is C20H22ClFN2O3S. The largest absolute Gasteiger partial charge is 0.321 e. The van der Waals surface area contributed by atoms with E-state index in [2.05, 4.69) is 5.32 Å². The maximum atomic E-state index is 14.4. The van der Waals surface area contributed by atoms with Gasteiger partial charge in [-0.2, -0.15) is 4.31 Å². The van der Waals surface area contributed by atoms with Gasteiger partial charge in [0.05, 0.1) is 10.7 Å². The number of carbonyl (C=O) groups excluding carboxylic acids is 1. The van der Waals surface area contributed by atoms with E-state index in [1.807, 2.05) is 13.8 Å². The fourth-order valence-electron chi connectivity index (χ4n) is 3.54. The van der Waals surface area contributed by atoms with Crippen molar-refractivity contribution < 1.29 is 17.6 Å². The Labute approximate surface area is 169 Å². The van der Waals surface area contributed by atoms with Crippen molar-refractivity contribution in [1.29, 1.82) is 0 Å². The number of sulfonamides is 1. The van der Waals surface area contributed by atoms with Crippen LogP contribution in [0, 0.1) is 17.7 Å². The molecule has 5 nitrogen and oxygen atoms in total. The SMILES string of the molecule is C[C@@H]1C[C@@H](C)CN(S(=O)(=O)c2cc(C(=O)Nc3ccccc3Cl)ccc2F)C1. The van der Waals surface area contributed by atoms with Crippen LogP contribution in [0.1, 0.15) is 30.6 Å². The minimum atomic E-state index is -4.04. The fraction of sp³-hybridized carbons (Fsp3) is 0.350. The lowest BCUT2D eigenvalue weighted by atomic mass is 9.94. The van der Waals surface area contributed by atoms with Crippen molar-refractivity contribution in [3.63, 3.8) is 0 Å². The van der Waals surface area contributed by atoms with Crippen LogP contribution in [0.5, 0.6) is 0 Å². The van der Waals surface area contributed by atoms with Crippen molar-refractivity contribution in [3.05, 3.63) is 58.9 Å². The molecule has 1 heterocycles. The molecule has 0 bridgehead atoms. The molecule has 0 spiro atoms. The van der Waals surface area contributed by atoms with Gasteiger partial charge in [0.2, 0.25) is 10.0 Å². The van der Waals surface area contributed by atoms with Gasteiger partial charge >= 0.3 is 0 Å². The number of piperidine rings is 1.